The van der Waals surface area contributed by atoms with Gasteiger partial charge in [0.15, 0.2) is 0 Å². The lowest BCUT2D eigenvalue weighted by Crippen LogP contribution is -2.50. The molecule has 0 radical (unpaired) electrons. The molecular formula is C28H34F3N5O2. The van der Waals surface area contributed by atoms with Crippen molar-refractivity contribution in [2.24, 2.45) is 0 Å². The van der Waals surface area contributed by atoms with E-state index < -0.39 is 23.4 Å². The lowest BCUT2D eigenvalue weighted by atomic mass is 10.1. The Bertz CT molecular complexity index is 1310. The second-order valence-electron chi connectivity index (χ2n) is 10.5. The highest BCUT2D eigenvalue weighted by molar-refractivity contribution is 5.95. The van der Waals surface area contributed by atoms with Gasteiger partial charge in [0.05, 0.1) is 16.8 Å². The molecule has 0 unspecified atom stereocenters. The SMILES string of the molecule is CNCc1cnc2ccc(C)cc2c1Nc1ccc(N2CCN(C(=O)OC(C)(C)C)CC2)c(C(F)(F)F)c1. The third-order valence-corrected chi connectivity index (χ3v) is 6.31. The minimum atomic E-state index is -4.56. The van der Waals surface area contributed by atoms with Gasteiger partial charge in [-0.1, -0.05) is 11.6 Å². The van der Waals surface area contributed by atoms with Crippen LogP contribution in [0.4, 0.5) is 35.0 Å². The highest BCUT2D eigenvalue weighted by atomic mass is 19.4. The number of hydrogen-bond donors (Lipinski definition) is 2. The van der Waals surface area contributed by atoms with E-state index in [-0.39, 0.29) is 31.9 Å². The van der Waals surface area contributed by atoms with Gasteiger partial charge < -0.3 is 25.2 Å². The Hall–Kier alpha value is -3.53. The summed E-state index contributed by atoms with van der Waals surface area (Å²) in [6, 6.07) is 10.2. The van der Waals surface area contributed by atoms with Crippen molar-refractivity contribution in [2.45, 2.75) is 46.0 Å². The Morgan fingerprint density at radius 3 is 2.39 bits per heavy atom. The standard InChI is InChI=1S/C28H34F3N5O2/c1-18-6-8-23-21(14-18)25(19(16-32-5)17-33-23)34-20-7-9-24(22(15-20)28(29,30)31)35-10-12-36(13-11-35)26(37)38-27(2,3)4/h6-9,14-15,17,32H,10-13,16H2,1-5H3,(H,33,34). The van der Waals surface area contributed by atoms with Crippen molar-refractivity contribution >= 4 is 34.1 Å². The summed E-state index contributed by atoms with van der Waals surface area (Å²) in [6.07, 6.45) is -3.27. The van der Waals surface area contributed by atoms with Crippen LogP contribution in [-0.2, 0) is 17.5 Å². The monoisotopic (exact) mass is 529 g/mol. The maximum absolute atomic E-state index is 14.3. The van der Waals surface area contributed by atoms with E-state index in [0.717, 1.165) is 33.8 Å². The summed E-state index contributed by atoms with van der Waals surface area (Å²) in [5.41, 5.74) is 2.43. The fourth-order valence-electron chi connectivity index (χ4n) is 4.54. The van der Waals surface area contributed by atoms with E-state index >= 15 is 0 Å². The molecular weight excluding hydrogens is 495 g/mol. The molecule has 0 bridgehead atoms. The van der Waals surface area contributed by atoms with Crippen LogP contribution in [0.1, 0.15) is 37.5 Å². The van der Waals surface area contributed by atoms with Crippen molar-refractivity contribution in [2.75, 3.05) is 43.4 Å². The van der Waals surface area contributed by atoms with E-state index in [1.165, 1.54) is 11.0 Å². The third-order valence-electron chi connectivity index (χ3n) is 6.31. The van der Waals surface area contributed by atoms with E-state index in [2.05, 4.69) is 15.6 Å². The van der Waals surface area contributed by atoms with Gasteiger partial charge in [-0.05, 0) is 65.1 Å². The largest absolute Gasteiger partial charge is 0.444 e. The first-order valence-electron chi connectivity index (χ1n) is 12.6. The zero-order valence-electron chi connectivity index (χ0n) is 22.4. The predicted molar refractivity (Wildman–Crippen MR) is 144 cm³/mol. The molecule has 0 atom stereocenters. The van der Waals surface area contributed by atoms with Gasteiger partial charge in [-0.2, -0.15) is 13.2 Å². The number of benzene rings is 2. The number of carbonyl (C=O) groups excluding carboxylic acids is 1. The number of nitrogens with one attached hydrogen (secondary N) is 2. The van der Waals surface area contributed by atoms with Crippen molar-refractivity contribution in [3.8, 4) is 0 Å². The smallest absolute Gasteiger partial charge is 0.418 e. The normalized spacial score (nSPS) is 14.6. The first-order valence-corrected chi connectivity index (χ1v) is 12.6. The number of nitrogens with zero attached hydrogens (tertiary/aromatic N) is 3. The van der Waals surface area contributed by atoms with Crippen molar-refractivity contribution < 1.29 is 22.7 Å². The Morgan fingerprint density at radius 2 is 1.76 bits per heavy atom. The van der Waals surface area contributed by atoms with Crippen molar-refractivity contribution in [3.05, 3.63) is 59.3 Å². The van der Waals surface area contributed by atoms with Crippen molar-refractivity contribution in [1.82, 2.24) is 15.2 Å². The number of ether oxygens (including phenoxy) is 1. The van der Waals surface area contributed by atoms with Crippen LogP contribution in [0.2, 0.25) is 0 Å². The quantitative estimate of drug-likeness (QED) is 0.417. The van der Waals surface area contributed by atoms with Gasteiger partial charge in [-0.25, -0.2) is 4.79 Å². The summed E-state index contributed by atoms with van der Waals surface area (Å²) in [7, 11) is 1.81. The fourth-order valence-corrected chi connectivity index (χ4v) is 4.54. The Labute approximate surface area is 221 Å². The number of aromatic nitrogens is 1. The molecule has 38 heavy (non-hydrogen) atoms. The van der Waals surface area contributed by atoms with Gasteiger partial charge in [0.1, 0.15) is 5.60 Å². The highest BCUT2D eigenvalue weighted by Gasteiger charge is 2.36. The second kappa shape index (κ2) is 10.7. The molecule has 1 saturated heterocycles. The molecule has 4 rings (SSSR count). The molecule has 7 nitrogen and oxygen atoms in total. The first kappa shape index (κ1) is 27.5. The van der Waals surface area contributed by atoms with E-state index in [1.807, 2.05) is 32.2 Å². The maximum atomic E-state index is 14.3. The van der Waals surface area contributed by atoms with Crippen molar-refractivity contribution in [1.29, 1.82) is 0 Å². The van der Waals surface area contributed by atoms with Crippen LogP contribution in [0.25, 0.3) is 10.9 Å². The summed E-state index contributed by atoms with van der Waals surface area (Å²) >= 11 is 0. The third kappa shape index (κ3) is 6.30. The number of aryl methyl sites for hydroxylation is 1. The van der Waals surface area contributed by atoms with Crippen LogP contribution in [0.15, 0.2) is 42.6 Å². The lowest BCUT2D eigenvalue weighted by Gasteiger charge is -2.37. The van der Waals surface area contributed by atoms with Crippen molar-refractivity contribution in [3.63, 3.8) is 0 Å². The van der Waals surface area contributed by atoms with Gasteiger partial charge in [0, 0.05) is 61.2 Å². The van der Waals surface area contributed by atoms with Gasteiger partial charge in [-0.3, -0.25) is 4.98 Å². The number of amides is 1. The summed E-state index contributed by atoms with van der Waals surface area (Å²) in [6.45, 7) is 8.92. The molecule has 204 valence electrons. The molecule has 1 aliphatic rings. The van der Waals surface area contributed by atoms with Crippen LogP contribution < -0.4 is 15.5 Å². The van der Waals surface area contributed by atoms with Crippen LogP contribution in [0.5, 0.6) is 0 Å². The number of halogens is 3. The lowest BCUT2D eigenvalue weighted by molar-refractivity contribution is -0.137. The summed E-state index contributed by atoms with van der Waals surface area (Å²) in [5.74, 6) is 0. The summed E-state index contributed by atoms with van der Waals surface area (Å²) in [4.78, 5) is 20.1. The van der Waals surface area contributed by atoms with Crippen LogP contribution in [0, 0.1) is 6.92 Å². The number of fused-ring (bicyclic) bond motifs is 1. The molecule has 1 amide bonds. The maximum Gasteiger partial charge on any atom is 0.418 e. The molecule has 0 aliphatic carbocycles. The first-order chi connectivity index (χ1) is 17.9. The van der Waals surface area contributed by atoms with E-state index in [9.17, 15) is 18.0 Å². The molecule has 3 aromatic rings. The number of alkyl halides is 3. The molecule has 10 heteroatoms. The number of rotatable bonds is 5. The number of anilines is 3. The summed E-state index contributed by atoms with van der Waals surface area (Å²) < 4.78 is 48.2. The Balaban J connectivity index is 1.62. The Morgan fingerprint density at radius 1 is 1.05 bits per heavy atom. The predicted octanol–water partition coefficient (Wildman–Crippen LogP) is 6.08. The molecule has 2 aromatic carbocycles. The fraction of sp³-hybridized carbons (Fsp3) is 0.429. The van der Waals surface area contributed by atoms with Crippen LogP contribution in [-0.4, -0.2) is 54.8 Å². The zero-order valence-corrected chi connectivity index (χ0v) is 22.4. The molecule has 1 aliphatic heterocycles. The topological polar surface area (TPSA) is 69.7 Å². The number of hydrogen-bond acceptors (Lipinski definition) is 6. The van der Waals surface area contributed by atoms with Gasteiger partial charge in [0.25, 0.3) is 0 Å². The molecule has 0 saturated carbocycles. The average Bonchev–Trinajstić information content (AvgIpc) is 2.84. The number of pyridine rings is 1. The highest BCUT2D eigenvalue weighted by Crippen LogP contribution is 2.40. The minimum Gasteiger partial charge on any atom is -0.444 e. The van der Waals surface area contributed by atoms with E-state index in [1.54, 1.807) is 37.9 Å². The van der Waals surface area contributed by atoms with Crippen LogP contribution >= 0.6 is 0 Å². The molecule has 1 fully saturated rings. The molecule has 1 aromatic heterocycles. The van der Waals surface area contributed by atoms with E-state index in [0.29, 0.717) is 12.2 Å². The Kier molecular flexibility index (Phi) is 7.73. The molecule has 2 heterocycles. The zero-order chi connectivity index (χ0) is 27.7. The van der Waals surface area contributed by atoms with Gasteiger partial charge in [0.2, 0.25) is 0 Å². The van der Waals surface area contributed by atoms with Crippen LogP contribution in [0.3, 0.4) is 0 Å². The number of piperazine rings is 1. The second-order valence-corrected chi connectivity index (χ2v) is 10.5. The van der Waals surface area contributed by atoms with Gasteiger partial charge in [-0.15, -0.1) is 0 Å². The van der Waals surface area contributed by atoms with E-state index in [4.69, 9.17) is 4.74 Å². The molecule has 0 spiro atoms. The number of carbonyl (C=O) groups is 1. The molecule has 2 N–H and O–H groups in total. The minimum absolute atomic E-state index is 0.0952. The summed E-state index contributed by atoms with van der Waals surface area (Å²) in [5, 5.41) is 7.18. The average molecular weight is 530 g/mol. The van der Waals surface area contributed by atoms with Gasteiger partial charge >= 0.3 is 12.3 Å².